The molecule has 0 saturated heterocycles. The number of carbonyl (C=O) groups excluding carboxylic acids is 1. The maximum absolute atomic E-state index is 13.2. The zero-order valence-electron chi connectivity index (χ0n) is 20.2. The van der Waals surface area contributed by atoms with Crippen LogP contribution in [0.15, 0.2) is 107 Å². The Hall–Kier alpha value is -3.85. The minimum absolute atomic E-state index is 0.148. The molecule has 0 bridgehead atoms. The molecule has 0 saturated carbocycles. The van der Waals surface area contributed by atoms with Gasteiger partial charge in [-0.2, -0.15) is 4.31 Å². The Balaban J connectivity index is 1.30. The van der Waals surface area contributed by atoms with Gasteiger partial charge in [0.1, 0.15) is 0 Å². The van der Waals surface area contributed by atoms with E-state index in [1.54, 1.807) is 0 Å². The number of fused-ring (bicyclic) bond motifs is 1. The van der Waals surface area contributed by atoms with Crippen LogP contribution in [0.25, 0.3) is 22.0 Å². The van der Waals surface area contributed by atoms with E-state index in [1.807, 2.05) is 66.9 Å². The van der Waals surface area contributed by atoms with Crippen LogP contribution in [0.3, 0.4) is 0 Å². The average Bonchev–Trinajstić information content (AvgIpc) is 3.40. The standard InChI is InChI=1S/C29H25N3O3S2/c1-2-32(19-21-9-4-3-5-10-21)37(34,35)24-17-15-23(16-18-24)28(33)31-29-30-27(20-36-29)26-14-8-12-22-11-6-7-13-25(22)26/h3-18,20H,2,19H2,1H3,(H,30,31,33). The molecule has 8 heteroatoms. The average molecular weight is 528 g/mol. The van der Waals surface area contributed by atoms with Gasteiger partial charge in [-0.3, -0.25) is 10.1 Å². The Bertz CT molecular complexity index is 1640. The summed E-state index contributed by atoms with van der Waals surface area (Å²) in [6.07, 6.45) is 0. The number of anilines is 1. The van der Waals surface area contributed by atoms with Gasteiger partial charge in [0.15, 0.2) is 5.13 Å². The van der Waals surface area contributed by atoms with E-state index in [4.69, 9.17) is 0 Å². The second-order valence-electron chi connectivity index (χ2n) is 8.46. The van der Waals surface area contributed by atoms with Crippen LogP contribution < -0.4 is 5.32 Å². The molecule has 5 rings (SSSR count). The predicted octanol–water partition coefficient (Wildman–Crippen LogP) is 6.43. The Labute approximate surface area is 220 Å². The van der Waals surface area contributed by atoms with E-state index in [9.17, 15) is 13.2 Å². The highest BCUT2D eigenvalue weighted by atomic mass is 32.2. The molecule has 1 heterocycles. The lowest BCUT2D eigenvalue weighted by molar-refractivity contribution is 0.102. The zero-order chi connectivity index (χ0) is 25.8. The van der Waals surface area contributed by atoms with Crippen molar-refractivity contribution in [3.8, 4) is 11.3 Å². The first-order valence-electron chi connectivity index (χ1n) is 11.8. The van der Waals surface area contributed by atoms with Crippen LogP contribution >= 0.6 is 11.3 Å². The lowest BCUT2D eigenvalue weighted by Crippen LogP contribution is -2.30. The first-order valence-corrected chi connectivity index (χ1v) is 14.2. The largest absolute Gasteiger partial charge is 0.298 e. The summed E-state index contributed by atoms with van der Waals surface area (Å²) >= 11 is 1.35. The van der Waals surface area contributed by atoms with Crippen LogP contribution in [0.1, 0.15) is 22.8 Å². The number of carbonyl (C=O) groups is 1. The van der Waals surface area contributed by atoms with Gasteiger partial charge in [-0.25, -0.2) is 13.4 Å². The minimum atomic E-state index is -3.70. The molecule has 0 aliphatic heterocycles. The van der Waals surface area contributed by atoms with Crippen molar-refractivity contribution in [2.45, 2.75) is 18.4 Å². The van der Waals surface area contributed by atoms with Crippen molar-refractivity contribution in [2.75, 3.05) is 11.9 Å². The maximum Gasteiger partial charge on any atom is 0.257 e. The monoisotopic (exact) mass is 527 g/mol. The van der Waals surface area contributed by atoms with Crippen LogP contribution in [0.2, 0.25) is 0 Å². The van der Waals surface area contributed by atoms with Gasteiger partial charge >= 0.3 is 0 Å². The van der Waals surface area contributed by atoms with Crippen molar-refractivity contribution >= 4 is 43.2 Å². The van der Waals surface area contributed by atoms with Gasteiger partial charge in [0, 0.05) is 29.6 Å². The highest BCUT2D eigenvalue weighted by Gasteiger charge is 2.23. The number of hydrogen-bond donors (Lipinski definition) is 1. The van der Waals surface area contributed by atoms with Gasteiger partial charge in [-0.05, 0) is 40.6 Å². The number of hydrogen-bond acceptors (Lipinski definition) is 5. The number of amides is 1. The normalized spacial score (nSPS) is 11.6. The molecular formula is C29H25N3O3S2. The number of nitrogens with one attached hydrogen (secondary N) is 1. The van der Waals surface area contributed by atoms with E-state index in [0.717, 1.165) is 27.6 Å². The number of aromatic nitrogens is 1. The molecule has 186 valence electrons. The highest BCUT2D eigenvalue weighted by molar-refractivity contribution is 7.89. The van der Waals surface area contributed by atoms with E-state index in [-0.39, 0.29) is 17.3 Å². The molecule has 4 aromatic carbocycles. The molecule has 0 aliphatic carbocycles. The van der Waals surface area contributed by atoms with Crippen LogP contribution in [-0.4, -0.2) is 30.2 Å². The van der Waals surface area contributed by atoms with E-state index >= 15 is 0 Å². The van der Waals surface area contributed by atoms with E-state index in [0.29, 0.717) is 17.2 Å². The Morgan fingerprint density at radius 1 is 0.892 bits per heavy atom. The number of rotatable bonds is 8. The number of sulfonamides is 1. The molecule has 0 spiro atoms. The molecule has 1 amide bonds. The first-order chi connectivity index (χ1) is 18.0. The predicted molar refractivity (Wildman–Crippen MR) is 149 cm³/mol. The molecule has 37 heavy (non-hydrogen) atoms. The molecule has 1 aromatic heterocycles. The molecule has 0 fully saturated rings. The van der Waals surface area contributed by atoms with Crippen LogP contribution in [-0.2, 0) is 16.6 Å². The van der Waals surface area contributed by atoms with Crippen molar-refractivity contribution in [3.05, 3.63) is 114 Å². The fourth-order valence-electron chi connectivity index (χ4n) is 4.15. The Kier molecular flexibility index (Phi) is 7.14. The second-order valence-corrected chi connectivity index (χ2v) is 11.3. The lowest BCUT2D eigenvalue weighted by atomic mass is 10.0. The van der Waals surface area contributed by atoms with Crippen molar-refractivity contribution < 1.29 is 13.2 Å². The maximum atomic E-state index is 13.2. The van der Waals surface area contributed by atoms with E-state index in [2.05, 4.69) is 28.5 Å². The minimum Gasteiger partial charge on any atom is -0.298 e. The summed E-state index contributed by atoms with van der Waals surface area (Å²) in [6.45, 7) is 2.43. The smallest absolute Gasteiger partial charge is 0.257 e. The molecule has 1 N–H and O–H groups in total. The number of benzene rings is 4. The van der Waals surface area contributed by atoms with Gasteiger partial charge < -0.3 is 0 Å². The molecule has 6 nitrogen and oxygen atoms in total. The second kappa shape index (κ2) is 10.6. The van der Waals surface area contributed by atoms with Gasteiger partial charge in [0.05, 0.1) is 10.6 Å². The van der Waals surface area contributed by atoms with Crippen LogP contribution in [0.4, 0.5) is 5.13 Å². The molecular weight excluding hydrogens is 502 g/mol. The van der Waals surface area contributed by atoms with Crippen LogP contribution in [0.5, 0.6) is 0 Å². The van der Waals surface area contributed by atoms with Gasteiger partial charge in [-0.1, -0.05) is 79.7 Å². The van der Waals surface area contributed by atoms with Gasteiger partial charge in [-0.15, -0.1) is 11.3 Å². The third-order valence-corrected chi connectivity index (χ3v) is 8.79. The zero-order valence-corrected chi connectivity index (χ0v) is 21.8. The molecule has 0 aliphatic rings. The highest BCUT2D eigenvalue weighted by Crippen LogP contribution is 2.31. The summed E-state index contributed by atoms with van der Waals surface area (Å²) in [6, 6.07) is 29.6. The quantitative estimate of drug-likeness (QED) is 0.252. The van der Waals surface area contributed by atoms with Crippen molar-refractivity contribution in [1.82, 2.24) is 9.29 Å². The third-order valence-electron chi connectivity index (χ3n) is 6.10. The van der Waals surface area contributed by atoms with Crippen LogP contribution in [0, 0.1) is 0 Å². The summed E-state index contributed by atoms with van der Waals surface area (Å²) < 4.78 is 27.8. The molecule has 0 atom stereocenters. The van der Waals surface area contributed by atoms with E-state index in [1.165, 1.54) is 39.9 Å². The van der Waals surface area contributed by atoms with Gasteiger partial charge in [0.2, 0.25) is 10.0 Å². The molecule has 0 unspecified atom stereocenters. The third kappa shape index (κ3) is 5.32. The first kappa shape index (κ1) is 24.8. The summed E-state index contributed by atoms with van der Waals surface area (Å²) in [5.74, 6) is -0.348. The molecule has 0 radical (unpaired) electrons. The topological polar surface area (TPSA) is 79.4 Å². The van der Waals surface area contributed by atoms with Crippen molar-refractivity contribution in [2.24, 2.45) is 0 Å². The Morgan fingerprint density at radius 3 is 2.35 bits per heavy atom. The number of nitrogens with zero attached hydrogens (tertiary/aromatic N) is 2. The summed E-state index contributed by atoms with van der Waals surface area (Å²) in [5, 5.41) is 7.44. The fraction of sp³-hybridized carbons (Fsp3) is 0.103. The number of thiazole rings is 1. The van der Waals surface area contributed by atoms with Crippen molar-refractivity contribution in [3.63, 3.8) is 0 Å². The van der Waals surface area contributed by atoms with Crippen molar-refractivity contribution in [1.29, 1.82) is 0 Å². The Morgan fingerprint density at radius 2 is 1.59 bits per heavy atom. The lowest BCUT2D eigenvalue weighted by Gasteiger charge is -2.20. The van der Waals surface area contributed by atoms with Gasteiger partial charge in [0.25, 0.3) is 5.91 Å². The van der Waals surface area contributed by atoms with E-state index < -0.39 is 10.0 Å². The fourth-order valence-corrected chi connectivity index (χ4v) is 6.30. The molecule has 5 aromatic rings. The SMILES string of the molecule is CCN(Cc1ccccc1)S(=O)(=O)c1ccc(C(=O)Nc2nc(-c3cccc4ccccc34)cs2)cc1. The summed E-state index contributed by atoms with van der Waals surface area (Å²) in [5.41, 5.74) is 3.05. The summed E-state index contributed by atoms with van der Waals surface area (Å²) in [7, 11) is -3.70. The summed E-state index contributed by atoms with van der Waals surface area (Å²) in [4.78, 5) is 17.6.